The van der Waals surface area contributed by atoms with Crippen molar-refractivity contribution in [3.8, 4) is 0 Å². The first kappa shape index (κ1) is 19.4. The smallest absolute Gasteiger partial charge is 0.162 e. The van der Waals surface area contributed by atoms with Gasteiger partial charge < -0.3 is 5.32 Å². The van der Waals surface area contributed by atoms with Gasteiger partial charge in [-0.1, -0.05) is 65.8 Å². The second kappa shape index (κ2) is 6.28. The van der Waals surface area contributed by atoms with Crippen molar-refractivity contribution in [1.82, 2.24) is 4.98 Å². The molecular weight excluding hydrogens is 364 g/mol. The highest BCUT2D eigenvalue weighted by molar-refractivity contribution is 7.10. The summed E-state index contributed by atoms with van der Waals surface area (Å²) in [5.74, 6) is 1.21. The summed E-state index contributed by atoms with van der Waals surface area (Å²) in [7, 11) is 0. The van der Waals surface area contributed by atoms with Gasteiger partial charge in [0.05, 0.1) is 15.8 Å². The summed E-state index contributed by atoms with van der Waals surface area (Å²) in [5.41, 5.74) is 6.09. The highest BCUT2D eigenvalue weighted by Crippen LogP contribution is 2.55. The molecule has 1 aliphatic heterocycles. The maximum atomic E-state index is 13.5. The van der Waals surface area contributed by atoms with E-state index in [0.717, 1.165) is 29.9 Å². The molecule has 4 heteroatoms. The van der Waals surface area contributed by atoms with Crippen LogP contribution in [0.15, 0.2) is 41.0 Å². The van der Waals surface area contributed by atoms with Crippen LogP contribution in [0.5, 0.6) is 0 Å². The Kier molecular flexibility index (Phi) is 4.35. The summed E-state index contributed by atoms with van der Waals surface area (Å²) >= 11 is 1.66. The van der Waals surface area contributed by atoms with Crippen LogP contribution in [0.4, 0.5) is 5.82 Å². The third kappa shape index (κ3) is 2.85. The monoisotopic (exact) mass is 394 g/mol. The first-order valence-electron chi connectivity index (χ1n) is 10.2. The second-order valence-corrected chi connectivity index (χ2v) is 10.9. The Morgan fingerprint density at radius 2 is 1.96 bits per heavy atom. The zero-order valence-corrected chi connectivity index (χ0v) is 18.6. The molecule has 1 unspecified atom stereocenters. The third-order valence-electron chi connectivity index (χ3n) is 6.28. The first-order chi connectivity index (χ1) is 13.1. The molecule has 0 fully saturated rings. The standard InChI is InChI=1S/C24H30N2OS/c1-7-24(16-10-8-9-15(11-16)22(2,3)4)19-17(12-23(5,6)13-18(19)27)26-21-20(24)28-14-25-21/h8-11,14,26H,7,12-13H2,1-6H3. The van der Waals surface area contributed by atoms with Gasteiger partial charge in [0.1, 0.15) is 5.82 Å². The van der Waals surface area contributed by atoms with Gasteiger partial charge in [0.2, 0.25) is 0 Å². The molecular formula is C24H30N2OS. The Morgan fingerprint density at radius 1 is 1.21 bits per heavy atom. The van der Waals surface area contributed by atoms with Crippen molar-refractivity contribution < 1.29 is 4.79 Å². The van der Waals surface area contributed by atoms with Gasteiger partial charge in [-0.05, 0) is 34.8 Å². The Hall–Kier alpha value is -1.94. The molecule has 1 aromatic carbocycles. The number of hydrogen-bond donors (Lipinski definition) is 1. The van der Waals surface area contributed by atoms with Crippen LogP contribution in [-0.2, 0) is 15.6 Å². The Labute approximate surface area is 172 Å². The van der Waals surface area contributed by atoms with Crippen LogP contribution >= 0.6 is 11.3 Å². The molecule has 2 aromatic rings. The number of nitrogens with zero attached hydrogens (tertiary/aromatic N) is 1. The average molecular weight is 395 g/mol. The van der Waals surface area contributed by atoms with Gasteiger partial charge in [0, 0.05) is 17.7 Å². The van der Waals surface area contributed by atoms with E-state index in [4.69, 9.17) is 0 Å². The number of benzene rings is 1. The van der Waals surface area contributed by atoms with Gasteiger partial charge in [0.25, 0.3) is 0 Å². The summed E-state index contributed by atoms with van der Waals surface area (Å²) in [4.78, 5) is 19.3. The van der Waals surface area contributed by atoms with Crippen molar-refractivity contribution in [2.75, 3.05) is 5.32 Å². The summed E-state index contributed by atoms with van der Waals surface area (Å²) in [5, 5.41) is 3.53. The molecule has 0 saturated heterocycles. The van der Waals surface area contributed by atoms with E-state index in [2.05, 4.69) is 76.1 Å². The number of thiazole rings is 1. The van der Waals surface area contributed by atoms with Crippen LogP contribution in [0.1, 0.15) is 76.8 Å². The van der Waals surface area contributed by atoms with Crippen molar-refractivity contribution in [1.29, 1.82) is 0 Å². The molecule has 2 heterocycles. The van der Waals surface area contributed by atoms with E-state index >= 15 is 0 Å². The molecule has 148 valence electrons. The van der Waals surface area contributed by atoms with E-state index < -0.39 is 5.41 Å². The lowest BCUT2D eigenvalue weighted by Gasteiger charge is -2.45. The van der Waals surface area contributed by atoms with Gasteiger partial charge in [-0.25, -0.2) is 4.98 Å². The Morgan fingerprint density at radius 3 is 2.64 bits per heavy atom. The minimum atomic E-state index is -0.411. The molecule has 2 aliphatic rings. The van der Waals surface area contributed by atoms with Crippen LogP contribution in [0, 0.1) is 5.41 Å². The number of nitrogens with one attached hydrogen (secondary N) is 1. The number of aromatic nitrogens is 1. The SMILES string of the molecule is CCC1(c2cccc(C(C)(C)C)c2)C2=C(CC(C)(C)CC2=O)Nc2ncsc21. The predicted octanol–water partition coefficient (Wildman–Crippen LogP) is 6.21. The fourth-order valence-electron chi connectivity index (χ4n) is 4.89. The second-order valence-electron chi connectivity index (χ2n) is 10.0. The summed E-state index contributed by atoms with van der Waals surface area (Å²) in [6, 6.07) is 8.86. The fourth-order valence-corrected chi connectivity index (χ4v) is 5.93. The molecule has 0 saturated carbocycles. The molecule has 4 rings (SSSR count). The largest absolute Gasteiger partial charge is 0.342 e. The zero-order chi connectivity index (χ0) is 20.3. The maximum Gasteiger partial charge on any atom is 0.162 e. The number of Topliss-reactive ketones (excluding diaryl/α,β-unsaturated/α-hetero) is 1. The lowest BCUT2D eigenvalue weighted by atomic mass is 9.61. The minimum Gasteiger partial charge on any atom is -0.342 e. The first-order valence-corrected chi connectivity index (χ1v) is 11.1. The number of allylic oxidation sites excluding steroid dienone is 2. The normalized spacial score (nSPS) is 23.9. The summed E-state index contributed by atoms with van der Waals surface area (Å²) < 4.78 is 0. The zero-order valence-electron chi connectivity index (χ0n) is 17.8. The number of carbonyl (C=O) groups excluding carboxylic acids is 1. The molecule has 28 heavy (non-hydrogen) atoms. The van der Waals surface area contributed by atoms with Crippen LogP contribution in [0.25, 0.3) is 0 Å². The Bertz CT molecular complexity index is 976. The molecule has 1 atom stereocenters. The maximum absolute atomic E-state index is 13.5. The molecule has 1 aromatic heterocycles. The quantitative estimate of drug-likeness (QED) is 0.659. The van der Waals surface area contributed by atoms with Gasteiger partial charge in [-0.3, -0.25) is 4.79 Å². The van der Waals surface area contributed by atoms with E-state index in [1.165, 1.54) is 16.0 Å². The average Bonchev–Trinajstić information content (AvgIpc) is 3.06. The van der Waals surface area contributed by atoms with Crippen molar-refractivity contribution in [3.05, 3.63) is 57.1 Å². The number of fused-ring (bicyclic) bond motifs is 1. The molecule has 0 amide bonds. The molecule has 1 aliphatic carbocycles. The van der Waals surface area contributed by atoms with E-state index in [0.29, 0.717) is 6.42 Å². The third-order valence-corrected chi connectivity index (χ3v) is 7.27. The summed E-state index contributed by atoms with van der Waals surface area (Å²) in [6.07, 6.45) is 2.33. The van der Waals surface area contributed by atoms with Crippen LogP contribution in [0.3, 0.4) is 0 Å². The highest BCUT2D eigenvalue weighted by atomic mass is 32.1. The molecule has 1 N–H and O–H groups in total. The molecule has 0 bridgehead atoms. The van der Waals surface area contributed by atoms with Crippen molar-refractivity contribution in [2.45, 2.75) is 71.6 Å². The summed E-state index contributed by atoms with van der Waals surface area (Å²) in [6.45, 7) is 13.3. The lowest BCUT2D eigenvalue weighted by molar-refractivity contribution is -0.118. The highest BCUT2D eigenvalue weighted by Gasteiger charge is 2.50. The van der Waals surface area contributed by atoms with E-state index in [1.54, 1.807) is 11.3 Å². The lowest BCUT2D eigenvalue weighted by Crippen LogP contribution is -2.43. The van der Waals surface area contributed by atoms with Gasteiger partial charge in [-0.15, -0.1) is 11.3 Å². The van der Waals surface area contributed by atoms with Crippen molar-refractivity contribution >= 4 is 22.9 Å². The number of rotatable bonds is 2. The van der Waals surface area contributed by atoms with E-state index in [1.807, 2.05) is 5.51 Å². The van der Waals surface area contributed by atoms with Crippen molar-refractivity contribution in [3.63, 3.8) is 0 Å². The van der Waals surface area contributed by atoms with Gasteiger partial charge >= 0.3 is 0 Å². The topological polar surface area (TPSA) is 42.0 Å². The number of ketones is 1. The van der Waals surface area contributed by atoms with Crippen LogP contribution in [-0.4, -0.2) is 10.8 Å². The number of hydrogen-bond acceptors (Lipinski definition) is 4. The van der Waals surface area contributed by atoms with E-state index in [-0.39, 0.29) is 16.6 Å². The predicted molar refractivity (Wildman–Crippen MR) is 117 cm³/mol. The number of carbonyl (C=O) groups is 1. The Balaban J connectivity index is 2.01. The molecule has 0 spiro atoms. The minimum absolute atomic E-state index is 0.0246. The van der Waals surface area contributed by atoms with Crippen molar-refractivity contribution in [2.24, 2.45) is 5.41 Å². The molecule has 0 radical (unpaired) electrons. The van der Waals surface area contributed by atoms with Gasteiger partial charge in [-0.2, -0.15) is 0 Å². The fraction of sp³-hybridized carbons (Fsp3) is 0.500. The number of anilines is 1. The van der Waals surface area contributed by atoms with Crippen LogP contribution < -0.4 is 5.32 Å². The van der Waals surface area contributed by atoms with E-state index in [9.17, 15) is 4.79 Å². The molecule has 3 nitrogen and oxygen atoms in total. The van der Waals surface area contributed by atoms with Crippen LogP contribution in [0.2, 0.25) is 0 Å². The van der Waals surface area contributed by atoms with Gasteiger partial charge in [0.15, 0.2) is 5.78 Å².